The molecule has 2 heterocycles. The van der Waals surface area contributed by atoms with Gasteiger partial charge < -0.3 is 9.73 Å². The van der Waals surface area contributed by atoms with Crippen LogP contribution in [-0.4, -0.2) is 20.9 Å². The number of benzene rings is 2. The van der Waals surface area contributed by atoms with Crippen molar-refractivity contribution < 1.29 is 9.21 Å². The molecule has 1 amide bonds. The average molecular weight is 330 g/mol. The first kappa shape index (κ1) is 15.0. The van der Waals surface area contributed by atoms with Gasteiger partial charge in [-0.15, -0.1) is 0 Å². The van der Waals surface area contributed by atoms with E-state index in [9.17, 15) is 4.79 Å². The lowest BCUT2D eigenvalue weighted by molar-refractivity contribution is 0.102. The molecule has 0 saturated heterocycles. The van der Waals surface area contributed by atoms with Crippen molar-refractivity contribution in [2.45, 2.75) is 6.92 Å². The molecule has 0 atom stereocenters. The molecule has 2 aromatic carbocycles. The molecule has 0 fully saturated rings. The number of carbonyl (C=O) groups excluding carboxylic acids is 1. The molecule has 0 aliphatic carbocycles. The number of amides is 1. The molecule has 6 heteroatoms. The second-order valence-electron chi connectivity index (χ2n) is 5.62. The van der Waals surface area contributed by atoms with Gasteiger partial charge in [0.25, 0.3) is 5.91 Å². The van der Waals surface area contributed by atoms with Crippen LogP contribution in [-0.2, 0) is 0 Å². The number of hydrogen-bond donors (Lipinski definition) is 1. The van der Waals surface area contributed by atoms with E-state index in [4.69, 9.17) is 4.42 Å². The van der Waals surface area contributed by atoms with Gasteiger partial charge in [0.2, 0.25) is 5.89 Å². The van der Waals surface area contributed by atoms with Gasteiger partial charge in [-0.2, -0.15) is 0 Å². The summed E-state index contributed by atoms with van der Waals surface area (Å²) in [6, 6.07) is 13.2. The molecular weight excluding hydrogens is 316 g/mol. The molecule has 0 radical (unpaired) electrons. The van der Waals surface area contributed by atoms with E-state index in [0.717, 1.165) is 22.2 Å². The summed E-state index contributed by atoms with van der Waals surface area (Å²) in [5.74, 6) is 0.189. The minimum Gasteiger partial charge on any atom is -0.436 e. The Balaban J connectivity index is 1.63. The normalized spacial score (nSPS) is 10.8. The number of nitrogens with one attached hydrogen (secondary N) is 1. The molecule has 25 heavy (non-hydrogen) atoms. The highest BCUT2D eigenvalue weighted by Gasteiger charge is 2.11. The summed E-state index contributed by atoms with van der Waals surface area (Å²) in [4.78, 5) is 24.6. The summed E-state index contributed by atoms with van der Waals surface area (Å²) in [7, 11) is 0. The first-order valence-corrected chi connectivity index (χ1v) is 7.74. The zero-order valence-corrected chi connectivity index (χ0v) is 13.4. The van der Waals surface area contributed by atoms with Crippen LogP contribution in [0.2, 0.25) is 0 Å². The molecule has 0 bridgehead atoms. The Morgan fingerprint density at radius 2 is 2.04 bits per heavy atom. The van der Waals surface area contributed by atoms with Crippen molar-refractivity contribution in [2.24, 2.45) is 0 Å². The topological polar surface area (TPSA) is 80.9 Å². The molecule has 122 valence electrons. The van der Waals surface area contributed by atoms with Gasteiger partial charge in [0.15, 0.2) is 5.58 Å². The maximum absolute atomic E-state index is 12.2. The van der Waals surface area contributed by atoms with Crippen LogP contribution in [0.25, 0.3) is 22.6 Å². The maximum Gasteiger partial charge on any atom is 0.275 e. The van der Waals surface area contributed by atoms with Gasteiger partial charge in [-0.05, 0) is 42.8 Å². The number of aryl methyl sites for hydroxylation is 1. The van der Waals surface area contributed by atoms with Crippen LogP contribution in [0, 0.1) is 6.92 Å². The molecule has 6 nitrogen and oxygen atoms in total. The summed E-state index contributed by atoms with van der Waals surface area (Å²) in [6.45, 7) is 2.01. The van der Waals surface area contributed by atoms with E-state index < -0.39 is 0 Å². The van der Waals surface area contributed by atoms with E-state index in [2.05, 4.69) is 20.3 Å². The zero-order valence-electron chi connectivity index (χ0n) is 13.4. The lowest BCUT2D eigenvalue weighted by atomic mass is 10.2. The van der Waals surface area contributed by atoms with Crippen LogP contribution < -0.4 is 5.32 Å². The van der Waals surface area contributed by atoms with Gasteiger partial charge in [-0.25, -0.2) is 9.97 Å². The zero-order chi connectivity index (χ0) is 17.2. The Labute approximate surface area is 143 Å². The first-order chi connectivity index (χ1) is 12.2. The largest absolute Gasteiger partial charge is 0.436 e. The molecule has 2 aromatic heterocycles. The van der Waals surface area contributed by atoms with Crippen molar-refractivity contribution in [2.75, 3.05) is 5.32 Å². The fourth-order valence-corrected chi connectivity index (χ4v) is 2.50. The molecule has 0 spiro atoms. The number of rotatable bonds is 3. The summed E-state index contributed by atoms with van der Waals surface area (Å²) in [5, 5.41) is 2.80. The Kier molecular flexibility index (Phi) is 3.70. The molecule has 0 saturated carbocycles. The van der Waals surface area contributed by atoms with Gasteiger partial charge in [0.05, 0.1) is 6.20 Å². The van der Waals surface area contributed by atoms with Crippen molar-refractivity contribution >= 4 is 22.7 Å². The number of hydrogen-bond acceptors (Lipinski definition) is 5. The Morgan fingerprint density at radius 1 is 1.12 bits per heavy atom. The Morgan fingerprint density at radius 3 is 2.88 bits per heavy atom. The number of aromatic nitrogens is 3. The molecule has 0 aliphatic heterocycles. The van der Waals surface area contributed by atoms with Gasteiger partial charge in [0.1, 0.15) is 11.2 Å². The van der Waals surface area contributed by atoms with Gasteiger partial charge >= 0.3 is 0 Å². The SMILES string of the molecule is Cc1ccc2oc(-c3cccc(NC(=O)c4cnccn4)c3)nc2c1. The highest BCUT2D eigenvalue weighted by molar-refractivity contribution is 6.02. The third-order valence-electron chi connectivity index (χ3n) is 3.71. The summed E-state index contributed by atoms with van der Waals surface area (Å²) < 4.78 is 5.81. The van der Waals surface area contributed by atoms with Gasteiger partial charge in [-0.1, -0.05) is 12.1 Å². The van der Waals surface area contributed by atoms with E-state index in [0.29, 0.717) is 11.6 Å². The van der Waals surface area contributed by atoms with Crippen molar-refractivity contribution in [1.29, 1.82) is 0 Å². The fraction of sp³-hybridized carbons (Fsp3) is 0.0526. The van der Waals surface area contributed by atoms with Crippen molar-refractivity contribution in [3.63, 3.8) is 0 Å². The minimum atomic E-state index is -0.321. The predicted octanol–water partition coefficient (Wildman–Crippen LogP) is 3.85. The third kappa shape index (κ3) is 3.10. The quantitative estimate of drug-likeness (QED) is 0.617. The second-order valence-corrected chi connectivity index (χ2v) is 5.62. The Hall–Kier alpha value is -3.54. The maximum atomic E-state index is 12.2. The smallest absolute Gasteiger partial charge is 0.275 e. The van der Waals surface area contributed by atoms with Gasteiger partial charge in [0, 0.05) is 23.6 Å². The highest BCUT2D eigenvalue weighted by atomic mass is 16.3. The first-order valence-electron chi connectivity index (χ1n) is 7.74. The second kappa shape index (κ2) is 6.16. The van der Waals surface area contributed by atoms with E-state index in [-0.39, 0.29) is 11.6 Å². The summed E-state index contributed by atoms with van der Waals surface area (Å²) >= 11 is 0. The molecule has 0 aliphatic rings. The average Bonchev–Trinajstić information content (AvgIpc) is 3.06. The van der Waals surface area contributed by atoms with Crippen LogP contribution in [0.15, 0.2) is 65.5 Å². The van der Waals surface area contributed by atoms with Gasteiger partial charge in [-0.3, -0.25) is 9.78 Å². The van der Waals surface area contributed by atoms with Crippen LogP contribution in [0.5, 0.6) is 0 Å². The highest BCUT2D eigenvalue weighted by Crippen LogP contribution is 2.26. The lowest BCUT2D eigenvalue weighted by Crippen LogP contribution is -2.13. The van der Waals surface area contributed by atoms with Crippen LogP contribution in [0.4, 0.5) is 5.69 Å². The predicted molar refractivity (Wildman–Crippen MR) is 94.2 cm³/mol. The molecule has 4 rings (SSSR count). The third-order valence-corrected chi connectivity index (χ3v) is 3.71. The standard InChI is InChI=1S/C19H14N4O2/c1-12-5-6-17-15(9-12)23-19(25-17)13-3-2-4-14(10-13)22-18(24)16-11-20-7-8-21-16/h2-11H,1H3,(H,22,24). The van der Waals surface area contributed by atoms with Crippen LogP contribution in [0.1, 0.15) is 16.1 Å². The molecule has 1 N–H and O–H groups in total. The van der Waals surface area contributed by atoms with E-state index in [1.165, 1.54) is 18.6 Å². The molecular formula is C19H14N4O2. The van der Waals surface area contributed by atoms with E-state index in [1.807, 2.05) is 43.3 Å². The fourth-order valence-electron chi connectivity index (χ4n) is 2.50. The summed E-state index contributed by atoms with van der Waals surface area (Å²) in [5.41, 5.74) is 4.33. The van der Waals surface area contributed by atoms with E-state index >= 15 is 0 Å². The number of oxazole rings is 1. The summed E-state index contributed by atoms with van der Waals surface area (Å²) in [6.07, 6.45) is 4.42. The Bertz CT molecular complexity index is 1060. The number of fused-ring (bicyclic) bond motifs is 1. The molecule has 0 unspecified atom stereocenters. The monoisotopic (exact) mass is 330 g/mol. The minimum absolute atomic E-state index is 0.255. The number of nitrogens with zero attached hydrogens (tertiary/aromatic N) is 3. The lowest BCUT2D eigenvalue weighted by Gasteiger charge is -2.05. The molecule has 4 aromatic rings. The number of carbonyl (C=O) groups is 1. The van der Waals surface area contributed by atoms with E-state index in [1.54, 1.807) is 6.07 Å². The van der Waals surface area contributed by atoms with Crippen LogP contribution >= 0.6 is 0 Å². The van der Waals surface area contributed by atoms with Crippen molar-refractivity contribution in [1.82, 2.24) is 15.0 Å². The van der Waals surface area contributed by atoms with Crippen LogP contribution in [0.3, 0.4) is 0 Å². The van der Waals surface area contributed by atoms with Crippen molar-refractivity contribution in [3.8, 4) is 11.5 Å². The number of anilines is 1. The van der Waals surface area contributed by atoms with Crippen molar-refractivity contribution in [3.05, 3.63) is 72.3 Å².